The van der Waals surface area contributed by atoms with E-state index in [1.54, 1.807) is 6.33 Å². The van der Waals surface area contributed by atoms with Gasteiger partial charge in [0.25, 0.3) is 0 Å². The molecule has 4 heteroatoms. The second-order valence-electron chi connectivity index (χ2n) is 3.57. The quantitative estimate of drug-likeness (QED) is 0.667. The van der Waals surface area contributed by atoms with E-state index in [9.17, 15) is 0 Å². The minimum atomic E-state index is 0.901. The zero-order valence-corrected chi connectivity index (χ0v) is 7.45. The number of fused-ring (bicyclic) bond motifs is 1. The maximum absolute atomic E-state index is 4.35. The van der Waals surface area contributed by atoms with Crippen LogP contribution in [0.5, 0.6) is 0 Å². The van der Waals surface area contributed by atoms with Gasteiger partial charge in [-0.3, -0.25) is 0 Å². The molecule has 0 saturated carbocycles. The SMILES string of the molecule is c1nc2c(c(N3CCC3)n1)CNC2. The summed E-state index contributed by atoms with van der Waals surface area (Å²) in [7, 11) is 0. The molecule has 0 radical (unpaired) electrons. The molecular formula is C9H12N4. The molecule has 0 amide bonds. The van der Waals surface area contributed by atoms with Crippen LogP contribution >= 0.6 is 0 Å². The van der Waals surface area contributed by atoms with Crippen molar-refractivity contribution in [2.75, 3.05) is 18.0 Å². The van der Waals surface area contributed by atoms with Gasteiger partial charge in [-0.2, -0.15) is 0 Å². The van der Waals surface area contributed by atoms with Gasteiger partial charge in [0, 0.05) is 31.7 Å². The highest BCUT2D eigenvalue weighted by Gasteiger charge is 2.23. The van der Waals surface area contributed by atoms with Gasteiger partial charge >= 0.3 is 0 Å². The lowest BCUT2D eigenvalue weighted by Gasteiger charge is -2.33. The largest absolute Gasteiger partial charge is 0.356 e. The third-order valence-electron chi connectivity index (χ3n) is 2.76. The average molecular weight is 176 g/mol. The highest BCUT2D eigenvalue weighted by molar-refractivity contribution is 5.51. The summed E-state index contributed by atoms with van der Waals surface area (Å²) in [6.45, 7) is 4.15. The summed E-state index contributed by atoms with van der Waals surface area (Å²) in [4.78, 5) is 10.9. The van der Waals surface area contributed by atoms with E-state index in [2.05, 4.69) is 20.2 Å². The van der Waals surface area contributed by atoms with E-state index in [4.69, 9.17) is 0 Å². The third-order valence-corrected chi connectivity index (χ3v) is 2.76. The molecular weight excluding hydrogens is 164 g/mol. The van der Waals surface area contributed by atoms with Crippen LogP contribution in [0.4, 0.5) is 5.82 Å². The van der Waals surface area contributed by atoms with Crippen LogP contribution < -0.4 is 10.2 Å². The van der Waals surface area contributed by atoms with Crippen molar-refractivity contribution in [3.05, 3.63) is 17.6 Å². The molecule has 1 fully saturated rings. The first kappa shape index (κ1) is 7.26. The standard InChI is InChI=1S/C9H12N4/c1-2-13(3-1)9-7-4-10-5-8(7)11-6-12-9/h6,10H,1-5H2. The van der Waals surface area contributed by atoms with Crippen LogP contribution in [0.1, 0.15) is 17.7 Å². The first-order chi connectivity index (χ1) is 6.45. The molecule has 1 saturated heterocycles. The van der Waals surface area contributed by atoms with Crippen LogP contribution in [0, 0.1) is 0 Å². The smallest absolute Gasteiger partial charge is 0.136 e. The summed E-state index contributed by atoms with van der Waals surface area (Å²) in [5.74, 6) is 1.15. The first-order valence-electron chi connectivity index (χ1n) is 4.73. The van der Waals surface area contributed by atoms with Gasteiger partial charge in [-0.15, -0.1) is 0 Å². The summed E-state index contributed by atoms with van der Waals surface area (Å²) in [5, 5.41) is 3.30. The van der Waals surface area contributed by atoms with Gasteiger partial charge in [-0.25, -0.2) is 9.97 Å². The van der Waals surface area contributed by atoms with E-state index in [-0.39, 0.29) is 0 Å². The van der Waals surface area contributed by atoms with Crippen molar-refractivity contribution in [1.82, 2.24) is 15.3 Å². The molecule has 1 aromatic rings. The molecule has 0 atom stereocenters. The van der Waals surface area contributed by atoms with Crippen molar-refractivity contribution in [3.63, 3.8) is 0 Å². The molecule has 4 nitrogen and oxygen atoms in total. The molecule has 13 heavy (non-hydrogen) atoms. The highest BCUT2D eigenvalue weighted by atomic mass is 15.2. The molecule has 0 aromatic carbocycles. The Hall–Kier alpha value is -1.16. The Morgan fingerprint density at radius 3 is 2.92 bits per heavy atom. The fourth-order valence-electron chi connectivity index (χ4n) is 1.88. The Labute approximate surface area is 77.0 Å². The predicted octanol–water partition coefficient (Wildman–Crippen LogP) is 0.290. The Morgan fingerprint density at radius 1 is 1.23 bits per heavy atom. The molecule has 0 spiro atoms. The minimum Gasteiger partial charge on any atom is -0.356 e. The topological polar surface area (TPSA) is 41.1 Å². The van der Waals surface area contributed by atoms with E-state index in [1.807, 2.05) is 0 Å². The van der Waals surface area contributed by atoms with Gasteiger partial charge in [0.1, 0.15) is 12.1 Å². The summed E-state index contributed by atoms with van der Waals surface area (Å²) in [5.41, 5.74) is 2.49. The summed E-state index contributed by atoms with van der Waals surface area (Å²) < 4.78 is 0. The number of anilines is 1. The number of hydrogen-bond donors (Lipinski definition) is 1. The lowest BCUT2D eigenvalue weighted by atomic mass is 10.1. The maximum atomic E-state index is 4.35. The van der Waals surface area contributed by atoms with Crippen molar-refractivity contribution in [3.8, 4) is 0 Å². The van der Waals surface area contributed by atoms with Crippen molar-refractivity contribution >= 4 is 5.82 Å². The van der Waals surface area contributed by atoms with Crippen LogP contribution in [0.2, 0.25) is 0 Å². The molecule has 2 aliphatic rings. The van der Waals surface area contributed by atoms with Crippen molar-refractivity contribution in [2.24, 2.45) is 0 Å². The molecule has 3 rings (SSSR count). The lowest BCUT2D eigenvalue weighted by Crippen LogP contribution is -2.38. The van der Waals surface area contributed by atoms with E-state index in [1.165, 1.54) is 17.7 Å². The van der Waals surface area contributed by atoms with Gasteiger partial charge in [0.05, 0.1) is 5.69 Å². The number of rotatable bonds is 1. The second-order valence-corrected chi connectivity index (χ2v) is 3.57. The summed E-state index contributed by atoms with van der Waals surface area (Å²) in [6.07, 6.45) is 2.98. The average Bonchev–Trinajstić information content (AvgIpc) is 2.49. The first-order valence-corrected chi connectivity index (χ1v) is 4.73. The van der Waals surface area contributed by atoms with Gasteiger partial charge in [0.2, 0.25) is 0 Å². The van der Waals surface area contributed by atoms with Crippen LogP contribution in [-0.4, -0.2) is 23.1 Å². The zero-order valence-electron chi connectivity index (χ0n) is 7.45. The van der Waals surface area contributed by atoms with Crippen molar-refractivity contribution in [2.45, 2.75) is 19.5 Å². The zero-order chi connectivity index (χ0) is 8.67. The van der Waals surface area contributed by atoms with E-state index in [0.29, 0.717) is 0 Å². The van der Waals surface area contributed by atoms with E-state index < -0.39 is 0 Å². The number of nitrogens with one attached hydrogen (secondary N) is 1. The number of nitrogens with zero attached hydrogens (tertiary/aromatic N) is 3. The van der Waals surface area contributed by atoms with Gasteiger partial charge in [0.15, 0.2) is 0 Å². The van der Waals surface area contributed by atoms with E-state index in [0.717, 1.165) is 32.0 Å². The van der Waals surface area contributed by atoms with Crippen LogP contribution in [0.3, 0.4) is 0 Å². The summed E-state index contributed by atoms with van der Waals surface area (Å²) in [6, 6.07) is 0. The Bertz CT molecular complexity index is 332. The molecule has 2 aliphatic heterocycles. The van der Waals surface area contributed by atoms with Crippen LogP contribution in [0.15, 0.2) is 6.33 Å². The summed E-state index contributed by atoms with van der Waals surface area (Å²) >= 11 is 0. The normalized spacial score (nSPS) is 19.8. The number of aromatic nitrogens is 2. The highest BCUT2D eigenvalue weighted by Crippen LogP contribution is 2.26. The van der Waals surface area contributed by atoms with Crippen molar-refractivity contribution in [1.29, 1.82) is 0 Å². The Balaban J connectivity index is 2.04. The molecule has 0 bridgehead atoms. The Kier molecular flexibility index (Phi) is 1.49. The lowest BCUT2D eigenvalue weighted by molar-refractivity contribution is 0.605. The van der Waals surface area contributed by atoms with E-state index >= 15 is 0 Å². The predicted molar refractivity (Wildman–Crippen MR) is 49.4 cm³/mol. The third kappa shape index (κ3) is 1.02. The van der Waals surface area contributed by atoms with Gasteiger partial charge in [-0.1, -0.05) is 0 Å². The maximum Gasteiger partial charge on any atom is 0.136 e. The van der Waals surface area contributed by atoms with Gasteiger partial charge < -0.3 is 10.2 Å². The fourth-order valence-corrected chi connectivity index (χ4v) is 1.88. The molecule has 68 valence electrons. The monoisotopic (exact) mass is 176 g/mol. The molecule has 1 N–H and O–H groups in total. The second kappa shape index (κ2) is 2.67. The molecule has 1 aromatic heterocycles. The van der Waals surface area contributed by atoms with Crippen LogP contribution in [-0.2, 0) is 13.1 Å². The van der Waals surface area contributed by atoms with Crippen LogP contribution in [0.25, 0.3) is 0 Å². The fraction of sp³-hybridized carbons (Fsp3) is 0.556. The molecule has 3 heterocycles. The minimum absolute atomic E-state index is 0.901. The molecule has 0 unspecified atom stereocenters. The molecule has 0 aliphatic carbocycles. The van der Waals surface area contributed by atoms with Crippen molar-refractivity contribution < 1.29 is 0 Å². The Morgan fingerprint density at radius 2 is 2.15 bits per heavy atom. The van der Waals surface area contributed by atoms with Gasteiger partial charge in [-0.05, 0) is 6.42 Å². The number of hydrogen-bond acceptors (Lipinski definition) is 4.